The number of nitrogens with zero attached hydrogens (tertiary/aromatic N) is 2. The Balaban J connectivity index is 0.00000288. The summed E-state index contributed by atoms with van der Waals surface area (Å²) in [4.78, 5) is 8.85. The quantitative estimate of drug-likeness (QED) is 0.396. The summed E-state index contributed by atoms with van der Waals surface area (Å²) >= 11 is 0. The molecule has 7 heteroatoms. The molecule has 1 atom stereocenters. The lowest BCUT2D eigenvalue weighted by atomic mass is 9.94. The van der Waals surface area contributed by atoms with Crippen LogP contribution in [-0.2, 0) is 16.7 Å². The van der Waals surface area contributed by atoms with E-state index in [2.05, 4.69) is 48.3 Å². The van der Waals surface area contributed by atoms with Crippen LogP contribution in [0, 0.1) is 0 Å². The van der Waals surface area contributed by atoms with Crippen LogP contribution in [-0.4, -0.2) is 36.7 Å². The Hall–Kier alpha value is -0.830. The lowest BCUT2D eigenvalue weighted by molar-refractivity contribution is 0.105. The molecule has 24 heavy (non-hydrogen) atoms. The smallest absolute Gasteiger partial charge is 0.216 e. The summed E-state index contributed by atoms with van der Waals surface area (Å²) in [5, 5.41) is 6.59. The summed E-state index contributed by atoms with van der Waals surface area (Å²) in [7, 11) is 0. The van der Waals surface area contributed by atoms with E-state index < -0.39 is 0 Å². The third-order valence-electron chi connectivity index (χ3n) is 3.79. The van der Waals surface area contributed by atoms with Gasteiger partial charge >= 0.3 is 0 Å². The van der Waals surface area contributed by atoms with Crippen molar-refractivity contribution >= 4 is 29.9 Å². The van der Waals surface area contributed by atoms with Gasteiger partial charge in [-0.1, -0.05) is 20.8 Å². The summed E-state index contributed by atoms with van der Waals surface area (Å²) in [5.74, 6) is 2.33. The summed E-state index contributed by atoms with van der Waals surface area (Å²) in [5.41, 5.74) is -0.0288. The molecule has 2 N–H and O–H groups in total. The van der Waals surface area contributed by atoms with Crippen molar-refractivity contribution in [3.63, 3.8) is 0 Å². The Bertz CT molecular complexity index is 505. The minimum atomic E-state index is -0.0288. The molecule has 1 unspecified atom stereocenters. The zero-order valence-corrected chi connectivity index (χ0v) is 17.6. The van der Waals surface area contributed by atoms with Crippen LogP contribution in [0.3, 0.4) is 0 Å². The van der Waals surface area contributed by atoms with E-state index in [0.717, 1.165) is 37.8 Å². The summed E-state index contributed by atoms with van der Waals surface area (Å²) in [6, 6.07) is 0. The molecule has 1 saturated heterocycles. The highest BCUT2D eigenvalue weighted by atomic mass is 127. The molecule has 2 heterocycles. The number of rotatable bonds is 6. The van der Waals surface area contributed by atoms with Gasteiger partial charge in [0.25, 0.3) is 0 Å². The Morgan fingerprint density at radius 3 is 2.75 bits per heavy atom. The molecule has 0 radical (unpaired) electrons. The predicted octanol–water partition coefficient (Wildman–Crippen LogP) is 3.21. The zero-order chi connectivity index (χ0) is 16.7. The predicted molar refractivity (Wildman–Crippen MR) is 107 cm³/mol. The van der Waals surface area contributed by atoms with Crippen LogP contribution in [0.25, 0.3) is 0 Å². The highest BCUT2D eigenvalue weighted by molar-refractivity contribution is 14.0. The molecule has 0 amide bonds. The van der Waals surface area contributed by atoms with Crippen LogP contribution in [0.2, 0.25) is 0 Å². The fraction of sp³-hybridized carbons (Fsp3) is 0.765. The molecular weight excluding hydrogens is 419 g/mol. The molecule has 1 fully saturated rings. The molecule has 138 valence electrons. The Labute approximate surface area is 162 Å². The average Bonchev–Trinajstić information content (AvgIpc) is 3.15. The van der Waals surface area contributed by atoms with E-state index >= 15 is 0 Å². The number of aliphatic imine (C=N–C) groups is 1. The Kier molecular flexibility index (Phi) is 9.04. The van der Waals surface area contributed by atoms with Gasteiger partial charge in [-0.15, -0.1) is 24.0 Å². The number of aromatic nitrogens is 1. The van der Waals surface area contributed by atoms with E-state index in [4.69, 9.17) is 9.15 Å². The van der Waals surface area contributed by atoms with Crippen molar-refractivity contribution in [2.45, 2.75) is 65.0 Å². The number of halogens is 1. The van der Waals surface area contributed by atoms with Gasteiger partial charge in [0, 0.05) is 25.1 Å². The first-order valence-corrected chi connectivity index (χ1v) is 8.58. The first kappa shape index (κ1) is 21.2. The molecule has 0 bridgehead atoms. The van der Waals surface area contributed by atoms with Crippen LogP contribution in [0.4, 0.5) is 0 Å². The maximum atomic E-state index is 5.77. The maximum absolute atomic E-state index is 5.77. The van der Waals surface area contributed by atoms with Crippen molar-refractivity contribution < 1.29 is 9.15 Å². The molecule has 0 aromatic carbocycles. The van der Waals surface area contributed by atoms with E-state index in [0.29, 0.717) is 18.5 Å². The van der Waals surface area contributed by atoms with Crippen LogP contribution in [0.5, 0.6) is 0 Å². The fourth-order valence-electron chi connectivity index (χ4n) is 2.44. The van der Waals surface area contributed by atoms with Gasteiger partial charge in [0.1, 0.15) is 12.3 Å². The number of oxazole rings is 1. The average molecular weight is 450 g/mol. The van der Waals surface area contributed by atoms with Crippen molar-refractivity contribution in [3.05, 3.63) is 17.8 Å². The summed E-state index contributed by atoms with van der Waals surface area (Å²) in [6.45, 7) is 11.4. The first-order chi connectivity index (χ1) is 11.0. The zero-order valence-electron chi connectivity index (χ0n) is 15.2. The van der Waals surface area contributed by atoms with E-state index in [-0.39, 0.29) is 29.4 Å². The van der Waals surface area contributed by atoms with Gasteiger partial charge in [-0.3, -0.25) is 0 Å². The summed E-state index contributed by atoms with van der Waals surface area (Å²) < 4.78 is 11.4. The van der Waals surface area contributed by atoms with Crippen LogP contribution in [0.15, 0.2) is 15.6 Å². The minimum Gasteiger partial charge on any atom is -0.443 e. The molecular formula is C17H31IN4O2. The second-order valence-electron chi connectivity index (χ2n) is 6.91. The van der Waals surface area contributed by atoms with Gasteiger partial charge < -0.3 is 19.8 Å². The Morgan fingerprint density at radius 1 is 1.38 bits per heavy atom. The largest absolute Gasteiger partial charge is 0.443 e. The third kappa shape index (κ3) is 6.96. The topological polar surface area (TPSA) is 71.7 Å². The van der Waals surface area contributed by atoms with Crippen LogP contribution in [0.1, 0.15) is 58.6 Å². The molecule has 2 rings (SSSR count). The van der Waals surface area contributed by atoms with E-state index in [1.54, 1.807) is 6.20 Å². The molecule has 0 spiro atoms. The van der Waals surface area contributed by atoms with Crippen molar-refractivity contribution in [3.8, 4) is 0 Å². The van der Waals surface area contributed by atoms with Gasteiger partial charge in [-0.25, -0.2) is 9.98 Å². The molecule has 1 aliphatic rings. The normalized spacial score (nSPS) is 18.3. The first-order valence-electron chi connectivity index (χ1n) is 8.58. The standard InChI is InChI=1S/C17H30N4O2.HI/c1-5-18-16(19-9-8-13-7-6-10-22-13)21-12-15-20-11-14(23-15)17(2,3)4;/h11,13H,5-10,12H2,1-4H3,(H2,18,19,21);1H. The second-order valence-corrected chi connectivity index (χ2v) is 6.91. The van der Waals surface area contributed by atoms with Gasteiger partial charge in [0.2, 0.25) is 5.89 Å². The van der Waals surface area contributed by atoms with Gasteiger partial charge in [-0.05, 0) is 26.2 Å². The number of hydrogen-bond donors (Lipinski definition) is 2. The van der Waals surface area contributed by atoms with E-state index in [1.165, 1.54) is 12.8 Å². The van der Waals surface area contributed by atoms with Gasteiger partial charge in [0.05, 0.1) is 12.3 Å². The highest BCUT2D eigenvalue weighted by Crippen LogP contribution is 2.22. The van der Waals surface area contributed by atoms with Crippen molar-refractivity contribution in [2.24, 2.45) is 4.99 Å². The van der Waals surface area contributed by atoms with Crippen molar-refractivity contribution in [2.75, 3.05) is 19.7 Å². The Morgan fingerprint density at radius 2 is 2.17 bits per heavy atom. The second kappa shape index (κ2) is 10.2. The number of hydrogen-bond acceptors (Lipinski definition) is 4. The van der Waals surface area contributed by atoms with E-state index in [9.17, 15) is 0 Å². The van der Waals surface area contributed by atoms with Gasteiger partial charge in [-0.2, -0.15) is 0 Å². The molecule has 1 aliphatic heterocycles. The van der Waals surface area contributed by atoms with Crippen LogP contribution >= 0.6 is 24.0 Å². The lowest BCUT2D eigenvalue weighted by Gasteiger charge is -2.14. The number of nitrogens with one attached hydrogen (secondary N) is 2. The van der Waals surface area contributed by atoms with Crippen molar-refractivity contribution in [1.29, 1.82) is 0 Å². The summed E-state index contributed by atoms with van der Waals surface area (Å²) in [6.07, 6.45) is 5.55. The monoisotopic (exact) mass is 450 g/mol. The highest BCUT2D eigenvalue weighted by Gasteiger charge is 2.19. The molecule has 6 nitrogen and oxygen atoms in total. The SMILES string of the molecule is CCNC(=NCc1ncc(C(C)(C)C)o1)NCCC1CCCO1.I. The molecule has 0 saturated carbocycles. The van der Waals surface area contributed by atoms with Gasteiger partial charge in [0.15, 0.2) is 5.96 Å². The number of guanidine groups is 1. The molecule has 1 aromatic heterocycles. The maximum Gasteiger partial charge on any atom is 0.216 e. The lowest BCUT2D eigenvalue weighted by Crippen LogP contribution is -2.38. The van der Waals surface area contributed by atoms with Crippen LogP contribution < -0.4 is 10.6 Å². The molecule has 1 aromatic rings. The third-order valence-corrected chi connectivity index (χ3v) is 3.79. The minimum absolute atomic E-state index is 0. The molecule has 0 aliphatic carbocycles. The van der Waals surface area contributed by atoms with Crippen molar-refractivity contribution in [1.82, 2.24) is 15.6 Å². The fourth-order valence-corrected chi connectivity index (χ4v) is 2.44. The number of ether oxygens (including phenoxy) is 1. The van der Waals surface area contributed by atoms with E-state index in [1.807, 2.05) is 0 Å².